The molecule has 0 bridgehead atoms. The number of carbonyl (C=O) groups is 1. The van der Waals surface area contributed by atoms with Crippen molar-refractivity contribution in [2.75, 3.05) is 19.8 Å². The molecule has 4 rings (SSSR count). The normalized spacial score (nSPS) is 15.8. The first-order valence-electron chi connectivity index (χ1n) is 10.8. The van der Waals surface area contributed by atoms with Crippen LogP contribution in [0.2, 0.25) is 0 Å². The van der Waals surface area contributed by atoms with Gasteiger partial charge in [0, 0.05) is 43.6 Å². The van der Waals surface area contributed by atoms with Crippen LogP contribution < -0.4 is 10.9 Å². The molecule has 9 heteroatoms. The van der Waals surface area contributed by atoms with E-state index in [1.54, 1.807) is 13.1 Å². The lowest BCUT2D eigenvalue weighted by Gasteiger charge is -2.23. The molecule has 0 saturated carbocycles. The zero-order valence-electron chi connectivity index (χ0n) is 18.0. The smallest absolute Gasteiger partial charge is 0.323 e. The highest BCUT2D eigenvalue weighted by molar-refractivity contribution is 5.81. The molecule has 0 aliphatic carbocycles. The Morgan fingerprint density at radius 3 is 2.81 bits per heavy atom. The Morgan fingerprint density at radius 2 is 2.12 bits per heavy atom. The van der Waals surface area contributed by atoms with E-state index in [-0.39, 0.29) is 5.56 Å². The molecule has 1 atom stereocenters. The van der Waals surface area contributed by atoms with E-state index in [2.05, 4.69) is 14.9 Å². The van der Waals surface area contributed by atoms with Crippen molar-refractivity contribution in [2.24, 2.45) is 5.92 Å². The molecule has 1 fully saturated rings. The van der Waals surface area contributed by atoms with Gasteiger partial charge in [-0.25, -0.2) is 4.98 Å². The number of carboxylic acids is 1. The molecule has 3 aromatic rings. The predicted molar refractivity (Wildman–Crippen MR) is 119 cm³/mol. The van der Waals surface area contributed by atoms with Crippen LogP contribution in [0.3, 0.4) is 0 Å². The number of fused-ring (bicyclic) bond motifs is 1. The Bertz CT molecular complexity index is 1160. The number of nitrogens with one attached hydrogen (secondary N) is 2. The summed E-state index contributed by atoms with van der Waals surface area (Å²) in [5.41, 5.74) is 4.00. The molecule has 0 unspecified atom stereocenters. The number of aliphatic carboxylic acids is 1. The van der Waals surface area contributed by atoms with Crippen LogP contribution in [0, 0.1) is 12.8 Å². The van der Waals surface area contributed by atoms with Crippen LogP contribution in [0.25, 0.3) is 22.4 Å². The SMILES string of the molecule is Cc1cc(-c2nc3cc(CN[C@@H](CO)C(=O)O)ccc3n2CC2CCOCC2)c[nH]c1=O. The van der Waals surface area contributed by atoms with Crippen LogP contribution in [0.5, 0.6) is 0 Å². The lowest BCUT2D eigenvalue weighted by atomic mass is 10.00. The number of rotatable bonds is 8. The first kappa shape index (κ1) is 22.2. The number of aryl methyl sites for hydroxylation is 1. The number of carboxylic acid groups (broad SMARTS) is 1. The molecule has 3 heterocycles. The highest BCUT2D eigenvalue weighted by atomic mass is 16.5. The van der Waals surface area contributed by atoms with E-state index in [1.165, 1.54) is 0 Å². The fraction of sp³-hybridized carbons (Fsp3) is 0.435. The quantitative estimate of drug-likeness (QED) is 0.419. The molecule has 1 aliphatic rings. The van der Waals surface area contributed by atoms with Gasteiger partial charge in [-0.15, -0.1) is 0 Å². The number of hydrogen-bond donors (Lipinski definition) is 4. The number of aliphatic hydroxyl groups excluding tert-OH is 1. The van der Waals surface area contributed by atoms with Crippen molar-refractivity contribution >= 4 is 17.0 Å². The van der Waals surface area contributed by atoms with E-state index in [9.17, 15) is 14.7 Å². The van der Waals surface area contributed by atoms with Gasteiger partial charge in [-0.1, -0.05) is 6.07 Å². The number of benzene rings is 1. The Balaban J connectivity index is 1.70. The highest BCUT2D eigenvalue weighted by Gasteiger charge is 2.20. The molecule has 0 spiro atoms. The molecule has 4 N–H and O–H groups in total. The zero-order valence-corrected chi connectivity index (χ0v) is 18.0. The van der Waals surface area contributed by atoms with Gasteiger partial charge in [-0.2, -0.15) is 0 Å². The molecule has 9 nitrogen and oxygen atoms in total. The average Bonchev–Trinajstić information content (AvgIpc) is 3.14. The summed E-state index contributed by atoms with van der Waals surface area (Å²) in [6.45, 7) is 3.92. The van der Waals surface area contributed by atoms with Crippen molar-refractivity contribution in [2.45, 2.75) is 38.9 Å². The third kappa shape index (κ3) is 4.74. The second-order valence-electron chi connectivity index (χ2n) is 8.28. The Morgan fingerprint density at radius 1 is 1.34 bits per heavy atom. The maximum atomic E-state index is 11.9. The topological polar surface area (TPSA) is 129 Å². The van der Waals surface area contributed by atoms with Gasteiger partial charge in [0.15, 0.2) is 0 Å². The van der Waals surface area contributed by atoms with E-state index < -0.39 is 18.6 Å². The van der Waals surface area contributed by atoms with Gasteiger partial charge >= 0.3 is 5.97 Å². The fourth-order valence-corrected chi connectivity index (χ4v) is 4.08. The Hall–Kier alpha value is -3.01. The maximum absolute atomic E-state index is 11.9. The molecule has 1 aliphatic heterocycles. The molecule has 0 radical (unpaired) electrons. The second-order valence-corrected chi connectivity index (χ2v) is 8.28. The number of hydrogen-bond acceptors (Lipinski definition) is 6. The van der Waals surface area contributed by atoms with Crippen molar-refractivity contribution in [3.05, 3.63) is 51.9 Å². The minimum atomic E-state index is -1.09. The number of aromatic amines is 1. The number of aromatic nitrogens is 3. The standard InChI is InChI=1S/C23H28N4O5/c1-14-8-17(11-25-22(14)29)21-26-18-9-16(10-24-19(13-28)23(30)31)2-3-20(18)27(21)12-15-4-6-32-7-5-15/h2-3,8-9,11,15,19,24,28H,4-7,10,12-13H2,1H3,(H,25,29)(H,30,31)/t19-/m0/s1. The predicted octanol–water partition coefficient (Wildman–Crippen LogP) is 1.66. The van der Waals surface area contributed by atoms with E-state index in [4.69, 9.17) is 14.8 Å². The highest BCUT2D eigenvalue weighted by Crippen LogP contribution is 2.28. The zero-order chi connectivity index (χ0) is 22.7. The summed E-state index contributed by atoms with van der Waals surface area (Å²) in [7, 11) is 0. The van der Waals surface area contributed by atoms with Crippen molar-refractivity contribution < 1.29 is 19.7 Å². The van der Waals surface area contributed by atoms with Crippen molar-refractivity contribution in [3.8, 4) is 11.4 Å². The van der Waals surface area contributed by atoms with E-state index >= 15 is 0 Å². The van der Waals surface area contributed by atoms with E-state index in [0.717, 1.165) is 60.6 Å². The largest absolute Gasteiger partial charge is 0.480 e. The molecule has 1 saturated heterocycles. The summed E-state index contributed by atoms with van der Waals surface area (Å²) in [5.74, 6) is 0.172. The molecule has 1 aromatic carbocycles. The molecular formula is C23H28N4O5. The van der Waals surface area contributed by atoms with Crippen LogP contribution >= 0.6 is 0 Å². The van der Waals surface area contributed by atoms with Gasteiger partial charge in [0.1, 0.15) is 11.9 Å². The van der Waals surface area contributed by atoms with Crippen molar-refractivity contribution in [1.29, 1.82) is 0 Å². The fourth-order valence-electron chi connectivity index (χ4n) is 4.08. The molecule has 170 valence electrons. The van der Waals surface area contributed by atoms with Crippen LogP contribution in [0.4, 0.5) is 0 Å². The van der Waals surface area contributed by atoms with Gasteiger partial charge in [-0.05, 0) is 49.4 Å². The van der Waals surface area contributed by atoms with Crippen LogP contribution in [-0.4, -0.2) is 56.6 Å². The number of aliphatic hydroxyl groups is 1. The lowest BCUT2D eigenvalue weighted by molar-refractivity contribution is -0.140. The van der Waals surface area contributed by atoms with Gasteiger partial charge in [0.25, 0.3) is 5.56 Å². The number of H-pyrrole nitrogens is 1. The van der Waals surface area contributed by atoms with Crippen LogP contribution in [0.1, 0.15) is 24.0 Å². The number of pyridine rings is 1. The third-order valence-corrected chi connectivity index (χ3v) is 5.97. The first-order valence-corrected chi connectivity index (χ1v) is 10.8. The lowest BCUT2D eigenvalue weighted by Crippen LogP contribution is -2.39. The first-order chi connectivity index (χ1) is 15.5. The summed E-state index contributed by atoms with van der Waals surface area (Å²) >= 11 is 0. The summed E-state index contributed by atoms with van der Waals surface area (Å²) in [4.78, 5) is 30.7. The van der Waals surface area contributed by atoms with Gasteiger partial charge in [0.05, 0.1) is 17.6 Å². The monoisotopic (exact) mass is 440 g/mol. The third-order valence-electron chi connectivity index (χ3n) is 5.97. The molecular weight excluding hydrogens is 412 g/mol. The minimum Gasteiger partial charge on any atom is -0.480 e. The van der Waals surface area contributed by atoms with Crippen molar-refractivity contribution in [1.82, 2.24) is 19.9 Å². The number of imidazole rings is 1. The van der Waals surface area contributed by atoms with Crippen LogP contribution in [0.15, 0.2) is 35.3 Å². The van der Waals surface area contributed by atoms with Crippen LogP contribution in [-0.2, 0) is 22.6 Å². The van der Waals surface area contributed by atoms with E-state index in [1.807, 2.05) is 24.3 Å². The van der Waals surface area contributed by atoms with Gasteiger partial charge in [0.2, 0.25) is 0 Å². The number of nitrogens with zero attached hydrogens (tertiary/aromatic N) is 2. The average molecular weight is 441 g/mol. The molecule has 32 heavy (non-hydrogen) atoms. The summed E-state index contributed by atoms with van der Waals surface area (Å²) in [5, 5.41) is 21.2. The summed E-state index contributed by atoms with van der Waals surface area (Å²) in [6.07, 6.45) is 3.67. The minimum absolute atomic E-state index is 0.119. The second kappa shape index (κ2) is 9.64. The number of ether oxygens (including phenoxy) is 1. The summed E-state index contributed by atoms with van der Waals surface area (Å²) < 4.78 is 7.70. The Labute approximate surface area is 185 Å². The summed E-state index contributed by atoms with van der Waals surface area (Å²) in [6, 6.07) is 6.70. The maximum Gasteiger partial charge on any atom is 0.323 e. The van der Waals surface area contributed by atoms with Crippen molar-refractivity contribution in [3.63, 3.8) is 0 Å². The van der Waals surface area contributed by atoms with Gasteiger partial charge in [-0.3, -0.25) is 14.9 Å². The molecule has 2 aromatic heterocycles. The molecule has 0 amide bonds. The van der Waals surface area contributed by atoms with E-state index in [0.29, 0.717) is 18.0 Å². The Kier molecular flexibility index (Phi) is 6.69. The van der Waals surface area contributed by atoms with Gasteiger partial charge < -0.3 is 24.5 Å².